The van der Waals surface area contributed by atoms with Gasteiger partial charge in [-0.15, -0.1) is 0 Å². The summed E-state index contributed by atoms with van der Waals surface area (Å²) < 4.78 is 31.4. The fourth-order valence-corrected chi connectivity index (χ4v) is 2.43. The molecule has 0 atom stereocenters. The minimum absolute atomic E-state index is 0.0408. The van der Waals surface area contributed by atoms with Crippen LogP contribution in [0.5, 0.6) is 0 Å². The number of amides is 2. The summed E-state index contributed by atoms with van der Waals surface area (Å²) in [7, 11) is 1.31. The van der Waals surface area contributed by atoms with Crippen LogP contribution in [-0.2, 0) is 16.0 Å². The third kappa shape index (κ3) is 3.93. The second kappa shape index (κ2) is 7.20. The lowest BCUT2D eigenvalue weighted by Crippen LogP contribution is -2.38. The predicted octanol–water partition coefficient (Wildman–Crippen LogP) is 1.81. The predicted molar refractivity (Wildman–Crippen MR) is 75.2 cm³/mol. The minimum atomic E-state index is -0.597. The summed E-state index contributed by atoms with van der Waals surface area (Å²) in [4.78, 5) is 26.8. The molecule has 0 bridgehead atoms. The van der Waals surface area contributed by atoms with Gasteiger partial charge >= 0.3 is 6.09 Å². The van der Waals surface area contributed by atoms with Crippen molar-refractivity contribution in [1.29, 1.82) is 0 Å². The Hall–Kier alpha value is -2.18. The standard InChI is InChI=1S/C15H18F2N2O3/c1-22-15(21)19-6-2-5-18(7-8-19)14(20)10-11-9-12(16)3-4-13(11)17/h3-4,9H,2,5-8,10H2,1H3. The average molecular weight is 312 g/mol. The molecule has 0 radical (unpaired) electrons. The van der Waals surface area contributed by atoms with Crippen LogP contribution in [0.4, 0.5) is 13.6 Å². The van der Waals surface area contributed by atoms with Crippen molar-refractivity contribution in [1.82, 2.24) is 9.80 Å². The molecule has 2 amide bonds. The fourth-order valence-electron chi connectivity index (χ4n) is 2.43. The molecule has 0 unspecified atom stereocenters. The van der Waals surface area contributed by atoms with Crippen LogP contribution in [0.1, 0.15) is 12.0 Å². The molecular formula is C15H18F2N2O3. The maximum Gasteiger partial charge on any atom is 0.409 e. The smallest absolute Gasteiger partial charge is 0.409 e. The molecule has 0 N–H and O–H groups in total. The van der Waals surface area contributed by atoms with Crippen LogP contribution in [0.15, 0.2) is 18.2 Å². The van der Waals surface area contributed by atoms with Gasteiger partial charge in [-0.3, -0.25) is 4.79 Å². The summed E-state index contributed by atoms with van der Waals surface area (Å²) in [6, 6.07) is 3.06. The first-order valence-electron chi connectivity index (χ1n) is 7.06. The molecule has 2 rings (SSSR count). The Labute approximate surface area is 127 Å². The second-order valence-corrected chi connectivity index (χ2v) is 5.10. The Balaban J connectivity index is 1.98. The number of hydrogen-bond donors (Lipinski definition) is 0. The minimum Gasteiger partial charge on any atom is -0.453 e. The number of benzene rings is 1. The largest absolute Gasteiger partial charge is 0.453 e. The Morgan fingerprint density at radius 2 is 1.82 bits per heavy atom. The van der Waals surface area contributed by atoms with E-state index in [0.29, 0.717) is 32.6 Å². The average Bonchev–Trinajstić information content (AvgIpc) is 2.76. The maximum absolute atomic E-state index is 13.6. The van der Waals surface area contributed by atoms with Crippen LogP contribution < -0.4 is 0 Å². The van der Waals surface area contributed by atoms with Crippen LogP contribution >= 0.6 is 0 Å². The van der Waals surface area contributed by atoms with E-state index in [0.717, 1.165) is 18.2 Å². The van der Waals surface area contributed by atoms with Crippen LogP contribution in [0.3, 0.4) is 0 Å². The van der Waals surface area contributed by atoms with Gasteiger partial charge in [0.2, 0.25) is 5.91 Å². The summed E-state index contributed by atoms with van der Waals surface area (Å²) in [5.41, 5.74) is 0.0408. The van der Waals surface area contributed by atoms with Gasteiger partial charge in [-0.25, -0.2) is 13.6 Å². The summed E-state index contributed by atoms with van der Waals surface area (Å²) in [6.07, 6.45) is -0.000596. The second-order valence-electron chi connectivity index (χ2n) is 5.10. The van der Waals surface area contributed by atoms with Gasteiger partial charge in [0, 0.05) is 31.7 Å². The number of hydrogen-bond acceptors (Lipinski definition) is 3. The molecule has 1 aromatic rings. The summed E-state index contributed by atoms with van der Waals surface area (Å²) in [6.45, 7) is 1.70. The maximum atomic E-state index is 13.6. The summed E-state index contributed by atoms with van der Waals surface area (Å²) in [5, 5.41) is 0. The van der Waals surface area contributed by atoms with Crippen LogP contribution in [0.25, 0.3) is 0 Å². The van der Waals surface area contributed by atoms with E-state index in [4.69, 9.17) is 0 Å². The molecule has 0 saturated carbocycles. The number of ether oxygens (including phenoxy) is 1. The van der Waals surface area contributed by atoms with Crippen LogP contribution in [-0.4, -0.2) is 55.1 Å². The number of rotatable bonds is 2. The molecule has 1 fully saturated rings. The third-order valence-electron chi connectivity index (χ3n) is 3.63. The van der Waals surface area contributed by atoms with Crippen molar-refractivity contribution >= 4 is 12.0 Å². The van der Waals surface area contributed by atoms with Crippen molar-refractivity contribution in [2.45, 2.75) is 12.8 Å². The van der Waals surface area contributed by atoms with Gasteiger partial charge in [-0.2, -0.15) is 0 Å². The van der Waals surface area contributed by atoms with Crippen molar-refractivity contribution in [3.63, 3.8) is 0 Å². The molecule has 0 aliphatic carbocycles. The highest BCUT2D eigenvalue weighted by atomic mass is 19.1. The van der Waals surface area contributed by atoms with E-state index in [2.05, 4.69) is 4.74 Å². The lowest BCUT2D eigenvalue weighted by atomic mass is 10.1. The van der Waals surface area contributed by atoms with Crippen molar-refractivity contribution in [2.24, 2.45) is 0 Å². The Bertz CT molecular complexity index is 566. The zero-order valence-electron chi connectivity index (χ0n) is 12.3. The van der Waals surface area contributed by atoms with Crippen molar-refractivity contribution in [3.05, 3.63) is 35.4 Å². The number of carbonyl (C=O) groups excluding carboxylic acids is 2. The van der Waals surface area contributed by atoms with Gasteiger partial charge in [0.05, 0.1) is 13.5 Å². The number of carbonyl (C=O) groups is 2. The van der Waals surface area contributed by atoms with E-state index in [1.54, 1.807) is 4.90 Å². The molecule has 0 aromatic heterocycles. The zero-order chi connectivity index (χ0) is 16.1. The first-order chi connectivity index (χ1) is 10.5. The third-order valence-corrected chi connectivity index (χ3v) is 3.63. The monoisotopic (exact) mass is 312 g/mol. The van der Waals surface area contributed by atoms with Crippen molar-refractivity contribution < 1.29 is 23.1 Å². The van der Waals surface area contributed by atoms with Gasteiger partial charge in [-0.1, -0.05) is 0 Å². The van der Waals surface area contributed by atoms with E-state index in [1.165, 1.54) is 12.0 Å². The topological polar surface area (TPSA) is 49.9 Å². The highest BCUT2D eigenvalue weighted by molar-refractivity contribution is 5.79. The number of halogens is 2. The first kappa shape index (κ1) is 16.2. The number of nitrogens with zero attached hydrogens (tertiary/aromatic N) is 2. The molecule has 1 aliphatic heterocycles. The van der Waals surface area contributed by atoms with Crippen LogP contribution in [0, 0.1) is 11.6 Å². The molecule has 1 saturated heterocycles. The molecule has 22 heavy (non-hydrogen) atoms. The lowest BCUT2D eigenvalue weighted by Gasteiger charge is -2.21. The Kier molecular flexibility index (Phi) is 5.30. The van der Waals surface area contributed by atoms with Gasteiger partial charge in [0.1, 0.15) is 11.6 Å². The highest BCUT2D eigenvalue weighted by Crippen LogP contribution is 2.13. The molecule has 0 spiro atoms. The van der Waals surface area contributed by atoms with Gasteiger partial charge < -0.3 is 14.5 Å². The Morgan fingerprint density at radius 3 is 2.55 bits per heavy atom. The number of methoxy groups -OCH3 is 1. The molecule has 120 valence electrons. The first-order valence-corrected chi connectivity index (χ1v) is 7.06. The molecule has 1 aliphatic rings. The zero-order valence-corrected chi connectivity index (χ0v) is 12.3. The van der Waals surface area contributed by atoms with Gasteiger partial charge in [-0.05, 0) is 24.6 Å². The molecule has 7 heteroatoms. The lowest BCUT2D eigenvalue weighted by molar-refractivity contribution is -0.130. The van der Waals surface area contributed by atoms with E-state index in [-0.39, 0.29) is 17.9 Å². The summed E-state index contributed by atoms with van der Waals surface area (Å²) in [5.74, 6) is -1.45. The Morgan fingerprint density at radius 1 is 1.14 bits per heavy atom. The van der Waals surface area contributed by atoms with E-state index in [9.17, 15) is 18.4 Å². The quantitative estimate of drug-likeness (QED) is 0.837. The van der Waals surface area contributed by atoms with E-state index < -0.39 is 17.7 Å². The van der Waals surface area contributed by atoms with Crippen molar-refractivity contribution in [3.8, 4) is 0 Å². The van der Waals surface area contributed by atoms with Gasteiger partial charge in [0.15, 0.2) is 0 Å². The van der Waals surface area contributed by atoms with Gasteiger partial charge in [0.25, 0.3) is 0 Å². The van der Waals surface area contributed by atoms with Crippen molar-refractivity contribution in [2.75, 3.05) is 33.3 Å². The SMILES string of the molecule is COC(=O)N1CCCN(C(=O)Cc2cc(F)ccc2F)CC1. The summed E-state index contributed by atoms with van der Waals surface area (Å²) >= 11 is 0. The van der Waals surface area contributed by atoms with E-state index >= 15 is 0 Å². The normalized spacial score (nSPS) is 15.4. The van der Waals surface area contributed by atoms with E-state index in [1.807, 2.05) is 0 Å². The molecular weight excluding hydrogens is 294 g/mol. The molecule has 1 aromatic carbocycles. The molecule has 1 heterocycles. The fraction of sp³-hybridized carbons (Fsp3) is 0.467. The molecule has 5 nitrogen and oxygen atoms in total. The highest BCUT2D eigenvalue weighted by Gasteiger charge is 2.23. The van der Waals surface area contributed by atoms with Crippen LogP contribution in [0.2, 0.25) is 0 Å².